The first kappa shape index (κ1) is 40.1. The molecule has 2 saturated heterocycles. The number of nitrogens with one attached hydrogen (secondary N) is 4. The van der Waals surface area contributed by atoms with E-state index in [2.05, 4.69) is 57.0 Å². The molecule has 14 nitrogen and oxygen atoms in total. The predicted molar refractivity (Wildman–Crippen MR) is 222 cm³/mol. The van der Waals surface area contributed by atoms with Crippen LogP contribution in [0.3, 0.4) is 0 Å². The van der Waals surface area contributed by atoms with Crippen LogP contribution in [0.2, 0.25) is 0 Å². The van der Waals surface area contributed by atoms with E-state index < -0.39 is 24.3 Å². The molecule has 14 heteroatoms. The molecule has 1 saturated carbocycles. The summed E-state index contributed by atoms with van der Waals surface area (Å²) < 4.78 is 9.59. The third-order valence-corrected chi connectivity index (χ3v) is 13.0. The van der Waals surface area contributed by atoms with E-state index in [1.807, 2.05) is 49.9 Å². The van der Waals surface area contributed by atoms with Crippen molar-refractivity contribution in [2.75, 3.05) is 27.3 Å². The summed E-state index contributed by atoms with van der Waals surface area (Å²) in [7, 11) is 2.60. The molecule has 0 spiro atoms. The topological polar surface area (TPSA) is 175 Å². The van der Waals surface area contributed by atoms with Gasteiger partial charge in [-0.05, 0) is 96.4 Å². The highest BCUT2D eigenvalue weighted by Crippen LogP contribution is 2.58. The van der Waals surface area contributed by atoms with Crippen LogP contribution >= 0.6 is 0 Å². The van der Waals surface area contributed by atoms with E-state index in [9.17, 15) is 19.2 Å². The van der Waals surface area contributed by atoms with Gasteiger partial charge in [0.25, 0.3) is 0 Å². The number of hydrogen-bond acceptors (Lipinski definition) is 8. The second-order valence-corrected chi connectivity index (χ2v) is 17.2. The number of carbonyl (C=O) groups excluding carboxylic acids is 4. The van der Waals surface area contributed by atoms with Crippen molar-refractivity contribution in [1.29, 1.82) is 0 Å². The number of carbonyl (C=O) groups is 4. The van der Waals surface area contributed by atoms with Gasteiger partial charge in [-0.1, -0.05) is 64.1 Å². The first-order chi connectivity index (χ1) is 28.5. The molecular formula is C45H56N8O6. The van der Waals surface area contributed by atoms with Crippen molar-refractivity contribution in [1.82, 2.24) is 40.4 Å². The van der Waals surface area contributed by atoms with Crippen molar-refractivity contribution >= 4 is 24.0 Å². The van der Waals surface area contributed by atoms with Gasteiger partial charge >= 0.3 is 12.2 Å². The molecule has 3 fully saturated rings. The summed E-state index contributed by atoms with van der Waals surface area (Å²) >= 11 is 0. The first-order valence-corrected chi connectivity index (χ1v) is 21.1. The lowest BCUT2D eigenvalue weighted by Gasteiger charge is -2.30. The number of hydrogen-bond donors (Lipinski definition) is 4. The molecule has 59 heavy (non-hydrogen) atoms. The lowest BCUT2D eigenvalue weighted by molar-refractivity contribution is -0.136. The molecule has 6 atom stereocenters. The summed E-state index contributed by atoms with van der Waals surface area (Å²) in [6.07, 6.45) is 9.34. The minimum atomic E-state index is -0.685. The fourth-order valence-electron chi connectivity index (χ4n) is 10.0. The van der Waals surface area contributed by atoms with Gasteiger partial charge in [-0.3, -0.25) is 9.59 Å². The Morgan fingerprint density at radius 3 is 1.61 bits per heavy atom. The molecule has 312 valence electrons. The molecule has 2 aliphatic carbocycles. The van der Waals surface area contributed by atoms with E-state index in [-0.39, 0.29) is 35.7 Å². The van der Waals surface area contributed by atoms with Crippen LogP contribution in [-0.4, -0.2) is 93.1 Å². The maximum absolute atomic E-state index is 13.8. The lowest BCUT2D eigenvalue weighted by Crippen LogP contribution is -2.51. The monoisotopic (exact) mass is 804 g/mol. The van der Waals surface area contributed by atoms with E-state index in [0.717, 1.165) is 60.7 Å². The molecule has 2 bridgehead atoms. The number of methoxy groups -OCH3 is 2. The summed E-state index contributed by atoms with van der Waals surface area (Å²) in [4.78, 5) is 71.9. The zero-order valence-electron chi connectivity index (χ0n) is 34.8. The van der Waals surface area contributed by atoms with Gasteiger partial charge in [0.1, 0.15) is 23.7 Å². The van der Waals surface area contributed by atoms with Crippen LogP contribution in [-0.2, 0) is 19.1 Å². The number of alkyl carbamates (subject to hydrolysis) is 2. The highest BCUT2D eigenvalue weighted by molar-refractivity contribution is 5.87. The van der Waals surface area contributed by atoms with Gasteiger partial charge in [-0.2, -0.15) is 0 Å². The Morgan fingerprint density at radius 2 is 1.10 bits per heavy atom. The minimum Gasteiger partial charge on any atom is -0.453 e. The fraction of sp³-hybridized carbons (Fsp3) is 0.511. The molecule has 2 aromatic carbocycles. The smallest absolute Gasteiger partial charge is 0.407 e. The molecule has 4 aliphatic rings. The molecule has 4 heterocycles. The number of aromatic amines is 2. The Labute approximate surface area is 345 Å². The van der Waals surface area contributed by atoms with E-state index >= 15 is 0 Å². The second-order valence-electron chi connectivity index (χ2n) is 17.2. The van der Waals surface area contributed by atoms with E-state index in [1.54, 1.807) is 0 Å². The van der Waals surface area contributed by atoms with Crippen LogP contribution in [0.4, 0.5) is 9.59 Å². The third kappa shape index (κ3) is 7.57. The Balaban J connectivity index is 1.01. The average molecular weight is 805 g/mol. The molecule has 2 aromatic heterocycles. The van der Waals surface area contributed by atoms with Crippen LogP contribution in [0.1, 0.15) is 119 Å². The maximum Gasteiger partial charge on any atom is 0.407 e. The molecule has 2 unspecified atom stereocenters. The Bertz CT molecular complexity index is 2210. The molecule has 2 aliphatic heterocycles. The van der Waals surface area contributed by atoms with Crippen LogP contribution < -0.4 is 10.6 Å². The predicted octanol–water partition coefficient (Wildman–Crippen LogP) is 7.59. The van der Waals surface area contributed by atoms with Gasteiger partial charge in [-0.15, -0.1) is 0 Å². The van der Waals surface area contributed by atoms with E-state index in [4.69, 9.17) is 19.4 Å². The highest BCUT2D eigenvalue weighted by Gasteiger charge is 2.42. The number of nitrogens with zero attached hydrogens (tertiary/aromatic N) is 4. The van der Waals surface area contributed by atoms with Crippen molar-refractivity contribution in [3.63, 3.8) is 0 Å². The highest BCUT2D eigenvalue weighted by atomic mass is 16.5. The zero-order valence-corrected chi connectivity index (χ0v) is 34.8. The Hall–Kier alpha value is -5.66. The number of amides is 4. The van der Waals surface area contributed by atoms with Crippen molar-refractivity contribution in [3.8, 4) is 33.6 Å². The molecule has 0 radical (unpaired) electrons. The number of likely N-dealkylation sites (tertiary alicyclic amines) is 2. The summed E-state index contributed by atoms with van der Waals surface area (Å²) in [5.74, 6) is 2.06. The zero-order chi connectivity index (χ0) is 41.5. The minimum absolute atomic E-state index is 0.101. The maximum atomic E-state index is 13.8. The van der Waals surface area contributed by atoms with Gasteiger partial charge in [-0.25, -0.2) is 19.6 Å². The van der Waals surface area contributed by atoms with Gasteiger partial charge < -0.3 is 39.9 Å². The third-order valence-electron chi connectivity index (χ3n) is 13.0. The summed E-state index contributed by atoms with van der Waals surface area (Å²) in [6, 6.07) is 11.4. The Morgan fingerprint density at radius 1 is 0.644 bits per heavy atom. The van der Waals surface area contributed by atoms with Gasteiger partial charge in [0, 0.05) is 18.7 Å². The fourth-order valence-corrected chi connectivity index (χ4v) is 10.0. The summed E-state index contributed by atoms with van der Waals surface area (Å²) in [5.41, 5.74) is 9.32. The summed E-state index contributed by atoms with van der Waals surface area (Å²) in [6.45, 7) is 8.87. The first-order valence-electron chi connectivity index (χ1n) is 21.1. The van der Waals surface area contributed by atoms with Crippen molar-refractivity contribution in [2.24, 2.45) is 11.8 Å². The van der Waals surface area contributed by atoms with Crippen LogP contribution in [0.25, 0.3) is 33.6 Å². The second kappa shape index (κ2) is 16.5. The lowest BCUT2D eigenvalue weighted by atomic mass is 9.82. The molecular weight excluding hydrogens is 749 g/mol. The molecule has 4 amide bonds. The van der Waals surface area contributed by atoms with Crippen LogP contribution in [0.5, 0.6) is 0 Å². The quantitative estimate of drug-likeness (QED) is 0.120. The Kier molecular flexibility index (Phi) is 11.2. The number of fused-ring (bicyclic) bond motifs is 5. The van der Waals surface area contributed by atoms with Gasteiger partial charge in [0.2, 0.25) is 11.8 Å². The average Bonchev–Trinajstić information content (AvgIpc) is 4.10. The summed E-state index contributed by atoms with van der Waals surface area (Å²) in [5, 5.41) is 5.45. The number of rotatable bonds is 11. The van der Waals surface area contributed by atoms with E-state index in [1.165, 1.54) is 54.9 Å². The SMILES string of the molecule is COC(=O)N[C@H](C(=O)N1CCC[C@H]1c1ncc(-c2ccc(-c3ccc(-c4cnc([C@@H]5CCCN5C(=O)[C@H](NC(=O)OC)C(C)C)[nH]4)c4c3C3CCC4C3)cc2)[nH]1)C(C)C. The van der Waals surface area contributed by atoms with Gasteiger partial charge in [0.05, 0.1) is 50.1 Å². The molecule has 8 rings (SSSR count). The number of benzene rings is 2. The van der Waals surface area contributed by atoms with Crippen molar-refractivity contribution in [2.45, 2.75) is 109 Å². The van der Waals surface area contributed by atoms with Gasteiger partial charge in [0.15, 0.2) is 0 Å². The van der Waals surface area contributed by atoms with Crippen molar-refractivity contribution < 1.29 is 28.7 Å². The largest absolute Gasteiger partial charge is 0.453 e. The molecule has 4 N–H and O–H groups in total. The normalized spacial score (nSPS) is 21.8. The number of aromatic nitrogens is 4. The van der Waals surface area contributed by atoms with E-state index in [0.29, 0.717) is 24.9 Å². The number of H-pyrrole nitrogens is 2. The number of imidazole rings is 2. The van der Waals surface area contributed by atoms with Crippen molar-refractivity contribution in [3.05, 3.63) is 71.6 Å². The standard InChI is InChI=1S/C45H56N8O6/c1-24(2)38(50-44(56)58-5)42(54)52-19-7-9-34(52)40-46-22-32(48-40)27-13-11-26(12-14-27)30-17-18-31(37-29-16-15-28(21-29)36(30)37)33-23-47-41(49-33)35-10-8-20-53(35)43(55)39(25(3)4)51-45(57)59-6/h11-14,17-18,22-25,28-29,34-35,38-39H,7-10,15-16,19-21H2,1-6H3,(H,46,48)(H,47,49)(H,50,56)(H,51,57)/t28?,29?,34-,35-,38-,39+/m0/s1. The van der Waals surface area contributed by atoms with Crippen LogP contribution in [0.15, 0.2) is 48.8 Å². The molecule has 4 aromatic rings. The van der Waals surface area contributed by atoms with Crippen LogP contribution in [0, 0.1) is 11.8 Å². The number of ether oxygens (including phenoxy) is 2.